The number of amides is 1. The molecular weight excluding hydrogens is 224 g/mol. The minimum Gasteiger partial charge on any atom is -0.339 e. The monoisotopic (exact) mass is 252 g/mol. The molecule has 0 aromatic heterocycles. The van der Waals surface area contributed by atoms with Crippen LogP contribution < -0.4 is 5.32 Å². The first-order valence-corrected chi connectivity index (χ1v) is 7.55. The minimum atomic E-state index is -0.155. The van der Waals surface area contributed by atoms with E-state index in [4.69, 9.17) is 0 Å². The number of hydrogen-bond acceptors (Lipinski definition) is 2. The van der Waals surface area contributed by atoms with Gasteiger partial charge in [-0.05, 0) is 38.6 Å². The Kier molecular flexibility index (Phi) is 4.31. The lowest BCUT2D eigenvalue weighted by molar-refractivity contribution is -0.143. The van der Waals surface area contributed by atoms with Crippen LogP contribution >= 0.6 is 0 Å². The molecular formula is C15H28N2O. The molecule has 2 aliphatic rings. The third kappa shape index (κ3) is 2.87. The summed E-state index contributed by atoms with van der Waals surface area (Å²) >= 11 is 0. The van der Waals surface area contributed by atoms with Gasteiger partial charge in [-0.2, -0.15) is 0 Å². The summed E-state index contributed by atoms with van der Waals surface area (Å²) in [4.78, 5) is 15.1. The topological polar surface area (TPSA) is 32.3 Å². The van der Waals surface area contributed by atoms with Crippen LogP contribution in [0.1, 0.15) is 52.9 Å². The zero-order valence-electron chi connectivity index (χ0n) is 12.2. The van der Waals surface area contributed by atoms with Crippen molar-refractivity contribution in [3.8, 4) is 0 Å². The summed E-state index contributed by atoms with van der Waals surface area (Å²) in [6, 6.07) is 0.511. The van der Waals surface area contributed by atoms with Crippen LogP contribution in [0.2, 0.25) is 0 Å². The third-order valence-electron chi connectivity index (χ3n) is 4.47. The van der Waals surface area contributed by atoms with Gasteiger partial charge in [-0.3, -0.25) is 4.79 Å². The summed E-state index contributed by atoms with van der Waals surface area (Å²) in [5.74, 6) is 0.959. The fourth-order valence-electron chi connectivity index (χ4n) is 3.35. The molecule has 18 heavy (non-hydrogen) atoms. The summed E-state index contributed by atoms with van der Waals surface area (Å²) in [6.07, 6.45) is 6.00. The van der Waals surface area contributed by atoms with Crippen LogP contribution in [0, 0.1) is 11.3 Å². The average Bonchev–Trinajstić information content (AvgIpc) is 2.96. The Hall–Kier alpha value is -0.570. The van der Waals surface area contributed by atoms with Crippen molar-refractivity contribution in [2.24, 2.45) is 11.3 Å². The Morgan fingerprint density at radius 2 is 2.06 bits per heavy atom. The van der Waals surface area contributed by atoms with Gasteiger partial charge in [-0.25, -0.2) is 0 Å². The standard InChI is InChI=1S/C15H28N2O/c1-12(2)10-17(13-6-4-5-7-13)14(18)15(3)8-9-16-11-15/h12-13,16H,4-11H2,1-3H3. The second-order valence-electron chi connectivity index (χ2n) is 6.78. The summed E-state index contributed by atoms with van der Waals surface area (Å²) in [5, 5.41) is 3.35. The number of hydrogen-bond donors (Lipinski definition) is 1. The number of rotatable bonds is 4. The van der Waals surface area contributed by atoms with Crippen molar-refractivity contribution in [2.45, 2.75) is 58.9 Å². The van der Waals surface area contributed by atoms with Gasteiger partial charge in [-0.1, -0.05) is 26.7 Å². The van der Waals surface area contributed by atoms with Gasteiger partial charge < -0.3 is 10.2 Å². The van der Waals surface area contributed by atoms with Gasteiger partial charge in [0.2, 0.25) is 5.91 Å². The average molecular weight is 252 g/mol. The molecule has 1 aliphatic heterocycles. The van der Waals surface area contributed by atoms with Crippen molar-refractivity contribution >= 4 is 5.91 Å². The highest BCUT2D eigenvalue weighted by Crippen LogP contribution is 2.32. The van der Waals surface area contributed by atoms with Gasteiger partial charge in [0.15, 0.2) is 0 Å². The van der Waals surface area contributed by atoms with E-state index in [0.717, 1.165) is 26.1 Å². The lowest BCUT2D eigenvalue weighted by Gasteiger charge is -2.36. The van der Waals surface area contributed by atoms with E-state index in [1.54, 1.807) is 0 Å². The number of carbonyl (C=O) groups excluding carboxylic acids is 1. The predicted octanol–water partition coefficient (Wildman–Crippen LogP) is 2.41. The zero-order chi connectivity index (χ0) is 13.2. The van der Waals surface area contributed by atoms with Gasteiger partial charge in [-0.15, -0.1) is 0 Å². The number of nitrogens with zero attached hydrogens (tertiary/aromatic N) is 1. The highest BCUT2D eigenvalue weighted by molar-refractivity contribution is 5.83. The number of carbonyl (C=O) groups is 1. The first-order chi connectivity index (χ1) is 8.53. The van der Waals surface area contributed by atoms with Crippen LogP contribution in [-0.2, 0) is 4.79 Å². The molecule has 2 rings (SSSR count). The van der Waals surface area contributed by atoms with Gasteiger partial charge >= 0.3 is 0 Å². The molecule has 1 heterocycles. The minimum absolute atomic E-state index is 0.155. The van der Waals surface area contributed by atoms with E-state index in [1.807, 2.05) is 0 Å². The van der Waals surface area contributed by atoms with Crippen LogP contribution in [-0.4, -0.2) is 36.5 Å². The molecule has 2 fully saturated rings. The first-order valence-electron chi connectivity index (χ1n) is 7.55. The van der Waals surface area contributed by atoms with E-state index in [-0.39, 0.29) is 5.41 Å². The third-order valence-corrected chi connectivity index (χ3v) is 4.47. The van der Waals surface area contributed by atoms with Crippen LogP contribution in [0.4, 0.5) is 0 Å². The molecule has 3 heteroatoms. The van der Waals surface area contributed by atoms with E-state index in [2.05, 4.69) is 31.0 Å². The first kappa shape index (κ1) is 13.9. The lowest BCUT2D eigenvalue weighted by atomic mass is 9.87. The molecule has 3 nitrogen and oxygen atoms in total. The summed E-state index contributed by atoms with van der Waals surface area (Å²) in [5.41, 5.74) is -0.155. The molecule has 1 atom stereocenters. The van der Waals surface area contributed by atoms with Crippen LogP contribution in [0.25, 0.3) is 0 Å². The van der Waals surface area contributed by atoms with Crippen LogP contribution in [0.5, 0.6) is 0 Å². The molecule has 1 saturated carbocycles. The van der Waals surface area contributed by atoms with E-state index < -0.39 is 0 Å². The zero-order valence-corrected chi connectivity index (χ0v) is 12.2. The molecule has 0 radical (unpaired) electrons. The van der Waals surface area contributed by atoms with Crippen molar-refractivity contribution in [3.05, 3.63) is 0 Å². The number of nitrogens with one attached hydrogen (secondary N) is 1. The molecule has 104 valence electrons. The van der Waals surface area contributed by atoms with Crippen molar-refractivity contribution in [2.75, 3.05) is 19.6 Å². The normalized spacial score (nSPS) is 29.1. The maximum atomic E-state index is 12.9. The quantitative estimate of drug-likeness (QED) is 0.833. The summed E-state index contributed by atoms with van der Waals surface area (Å²) in [6.45, 7) is 9.33. The Morgan fingerprint density at radius 3 is 2.56 bits per heavy atom. The Labute approximate surface area is 111 Å². The molecule has 0 spiro atoms. The molecule has 1 aliphatic carbocycles. The summed E-state index contributed by atoms with van der Waals surface area (Å²) in [7, 11) is 0. The lowest BCUT2D eigenvalue weighted by Crippen LogP contribution is -2.49. The van der Waals surface area contributed by atoms with Gasteiger partial charge in [0, 0.05) is 19.1 Å². The van der Waals surface area contributed by atoms with E-state index in [9.17, 15) is 4.79 Å². The second-order valence-corrected chi connectivity index (χ2v) is 6.78. The predicted molar refractivity (Wildman–Crippen MR) is 74.4 cm³/mol. The summed E-state index contributed by atoms with van der Waals surface area (Å²) < 4.78 is 0. The van der Waals surface area contributed by atoms with Crippen LogP contribution in [0.15, 0.2) is 0 Å². The molecule has 0 bridgehead atoms. The molecule has 1 amide bonds. The Bertz CT molecular complexity index is 289. The molecule has 1 saturated heterocycles. The maximum absolute atomic E-state index is 12.9. The fourth-order valence-corrected chi connectivity index (χ4v) is 3.35. The van der Waals surface area contributed by atoms with Crippen molar-refractivity contribution < 1.29 is 4.79 Å². The van der Waals surface area contributed by atoms with Gasteiger partial charge in [0.1, 0.15) is 0 Å². The van der Waals surface area contributed by atoms with Crippen molar-refractivity contribution in [1.29, 1.82) is 0 Å². The molecule has 0 aromatic rings. The van der Waals surface area contributed by atoms with Crippen LogP contribution in [0.3, 0.4) is 0 Å². The maximum Gasteiger partial charge on any atom is 0.230 e. The molecule has 1 N–H and O–H groups in total. The molecule has 0 aromatic carbocycles. The fraction of sp³-hybridized carbons (Fsp3) is 0.933. The highest BCUT2D eigenvalue weighted by atomic mass is 16.2. The SMILES string of the molecule is CC(C)CN(C(=O)C1(C)CCNC1)C1CCCC1. The van der Waals surface area contributed by atoms with Gasteiger partial charge in [0.05, 0.1) is 5.41 Å². The highest BCUT2D eigenvalue weighted by Gasteiger charge is 2.41. The van der Waals surface area contributed by atoms with E-state index in [1.165, 1.54) is 25.7 Å². The second kappa shape index (κ2) is 5.60. The smallest absolute Gasteiger partial charge is 0.230 e. The largest absolute Gasteiger partial charge is 0.339 e. The molecule has 1 unspecified atom stereocenters. The van der Waals surface area contributed by atoms with E-state index >= 15 is 0 Å². The van der Waals surface area contributed by atoms with Crippen molar-refractivity contribution in [3.63, 3.8) is 0 Å². The van der Waals surface area contributed by atoms with Crippen molar-refractivity contribution in [1.82, 2.24) is 10.2 Å². The van der Waals surface area contributed by atoms with E-state index in [0.29, 0.717) is 17.9 Å². The van der Waals surface area contributed by atoms with Gasteiger partial charge in [0.25, 0.3) is 0 Å². The Morgan fingerprint density at radius 1 is 1.39 bits per heavy atom. The Balaban J connectivity index is 2.09.